The van der Waals surface area contributed by atoms with Gasteiger partial charge in [0.25, 0.3) is 0 Å². The number of hydrogen-bond donors (Lipinski definition) is 4. The smallest absolute Gasteiger partial charge is 0.321 e. The van der Waals surface area contributed by atoms with Crippen LogP contribution in [0.15, 0.2) is 23.3 Å². The fourth-order valence-corrected chi connectivity index (χ4v) is 2.47. The molecule has 0 aromatic rings. The minimum atomic E-state index is -1.07. The second-order valence-corrected chi connectivity index (χ2v) is 5.49. The van der Waals surface area contributed by atoms with Gasteiger partial charge >= 0.3 is 17.9 Å². The Hall–Kier alpha value is -2.15. The summed E-state index contributed by atoms with van der Waals surface area (Å²) in [6, 6.07) is -0.910. The molecule has 0 bridgehead atoms. The Balaban J connectivity index is 2.89. The molecule has 0 unspecified atom stereocenters. The summed E-state index contributed by atoms with van der Waals surface area (Å²) in [4.78, 5) is 32.9. The number of hydrogen-bond acceptors (Lipinski definition) is 4. The van der Waals surface area contributed by atoms with Crippen molar-refractivity contribution in [1.82, 2.24) is 5.32 Å². The van der Waals surface area contributed by atoms with Crippen LogP contribution in [0.4, 0.5) is 0 Å². The second kappa shape index (κ2) is 7.74. The largest absolute Gasteiger partial charge is 0.481 e. The van der Waals surface area contributed by atoms with Gasteiger partial charge in [0.15, 0.2) is 0 Å². The Bertz CT molecular complexity index is 522. The van der Waals surface area contributed by atoms with Gasteiger partial charge in [0.05, 0.1) is 12.3 Å². The molecule has 0 radical (unpaired) electrons. The van der Waals surface area contributed by atoms with Crippen molar-refractivity contribution in [2.45, 2.75) is 32.7 Å². The molecule has 0 spiro atoms. The zero-order valence-electron chi connectivity index (χ0n) is 12.6. The summed E-state index contributed by atoms with van der Waals surface area (Å²) in [7, 11) is 0. The first-order valence-electron chi connectivity index (χ1n) is 7.01. The highest BCUT2D eigenvalue weighted by atomic mass is 16.4. The Labute approximate surface area is 128 Å². The molecule has 3 atom stereocenters. The standard InChI is InChI=1S/C15H21NO6/c1-8(4-3-5-9(2)14(19)20)11-7-16-13(15(21)22)10(11)6-12(17)18/h3-4,9-10,13,16H,5-7H2,1-2H3,(H,17,18)(H,19,20)(H,21,22)/b4-3+,11-8+/t9-,10+,13+/m1/s1. The molecule has 1 fully saturated rings. The van der Waals surface area contributed by atoms with E-state index >= 15 is 0 Å². The van der Waals surface area contributed by atoms with Gasteiger partial charge in [-0.1, -0.05) is 24.6 Å². The van der Waals surface area contributed by atoms with Crippen molar-refractivity contribution in [3.63, 3.8) is 0 Å². The van der Waals surface area contributed by atoms with E-state index < -0.39 is 35.8 Å². The lowest BCUT2D eigenvalue weighted by Gasteiger charge is -2.15. The highest BCUT2D eigenvalue weighted by Gasteiger charge is 2.38. The topological polar surface area (TPSA) is 124 Å². The van der Waals surface area contributed by atoms with E-state index in [1.54, 1.807) is 26.0 Å². The molecule has 1 saturated heterocycles. The van der Waals surface area contributed by atoms with Gasteiger partial charge in [-0.15, -0.1) is 0 Å². The molecule has 122 valence electrons. The number of carbonyl (C=O) groups is 3. The van der Waals surface area contributed by atoms with Crippen molar-refractivity contribution in [3.8, 4) is 0 Å². The third kappa shape index (κ3) is 4.70. The SMILES string of the molecule is CC(/C=C/C[C@@H](C)C(=O)O)=C1/CN[C@H](C(=O)O)[C@H]1CC(=O)O. The van der Waals surface area contributed by atoms with Gasteiger partial charge in [0.1, 0.15) is 6.04 Å². The first-order chi connectivity index (χ1) is 10.2. The van der Waals surface area contributed by atoms with Crippen LogP contribution < -0.4 is 5.32 Å². The molecule has 22 heavy (non-hydrogen) atoms. The maximum absolute atomic E-state index is 11.2. The van der Waals surface area contributed by atoms with Gasteiger partial charge in [-0.05, 0) is 18.9 Å². The fourth-order valence-electron chi connectivity index (χ4n) is 2.47. The zero-order valence-corrected chi connectivity index (χ0v) is 12.6. The Morgan fingerprint density at radius 3 is 2.45 bits per heavy atom. The van der Waals surface area contributed by atoms with Gasteiger partial charge in [-0.25, -0.2) is 0 Å². The van der Waals surface area contributed by atoms with E-state index in [9.17, 15) is 14.4 Å². The molecule has 4 N–H and O–H groups in total. The Kier molecular flexibility index (Phi) is 6.30. The molecule has 7 nitrogen and oxygen atoms in total. The highest BCUT2D eigenvalue weighted by molar-refractivity contribution is 5.78. The molecule has 0 aromatic carbocycles. The maximum atomic E-state index is 11.2. The van der Waals surface area contributed by atoms with Crippen LogP contribution in [-0.4, -0.2) is 45.8 Å². The average Bonchev–Trinajstić information content (AvgIpc) is 2.81. The number of carboxylic acid groups (broad SMARTS) is 3. The van der Waals surface area contributed by atoms with E-state index in [0.29, 0.717) is 13.0 Å². The third-order valence-electron chi connectivity index (χ3n) is 3.81. The normalized spacial score (nSPS) is 25.2. The van der Waals surface area contributed by atoms with E-state index in [1.165, 1.54) is 0 Å². The van der Waals surface area contributed by atoms with E-state index in [-0.39, 0.29) is 6.42 Å². The predicted molar refractivity (Wildman–Crippen MR) is 78.4 cm³/mol. The number of allylic oxidation sites excluding steroid dienone is 3. The molecule has 1 aliphatic heterocycles. The third-order valence-corrected chi connectivity index (χ3v) is 3.81. The molecule has 1 rings (SSSR count). The van der Waals surface area contributed by atoms with Gasteiger partial charge in [0.2, 0.25) is 0 Å². The molecule has 1 heterocycles. The summed E-state index contributed by atoms with van der Waals surface area (Å²) in [5.74, 6) is -4.10. The van der Waals surface area contributed by atoms with Crippen LogP contribution in [-0.2, 0) is 14.4 Å². The number of rotatable bonds is 7. The summed E-state index contributed by atoms with van der Waals surface area (Å²) in [6.07, 6.45) is 3.55. The number of aliphatic carboxylic acids is 3. The van der Waals surface area contributed by atoms with Crippen molar-refractivity contribution in [3.05, 3.63) is 23.3 Å². The average molecular weight is 311 g/mol. The molecule has 0 aromatic heterocycles. The van der Waals surface area contributed by atoms with Crippen LogP contribution in [0.2, 0.25) is 0 Å². The van der Waals surface area contributed by atoms with Gasteiger partial charge in [-0.2, -0.15) is 0 Å². The first kappa shape index (κ1) is 17.9. The monoisotopic (exact) mass is 311 g/mol. The fraction of sp³-hybridized carbons (Fsp3) is 0.533. The molecule has 0 amide bonds. The minimum Gasteiger partial charge on any atom is -0.481 e. The summed E-state index contributed by atoms with van der Waals surface area (Å²) in [5, 5.41) is 29.7. The van der Waals surface area contributed by atoms with Crippen LogP contribution >= 0.6 is 0 Å². The molecular formula is C15H21NO6. The molecule has 7 heteroatoms. The van der Waals surface area contributed by atoms with Crippen molar-refractivity contribution < 1.29 is 29.7 Å². The summed E-state index contributed by atoms with van der Waals surface area (Å²) < 4.78 is 0. The predicted octanol–water partition coefficient (Wildman–Crippen LogP) is 1.12. The van der Waals surface area contributed by atoms with Gasteiger partial charge < -0.3 is 20.6 Å². The van der Waals surface area contributed by atoms with Crippen LogP contribution in [0.5, 0.6) is 0 Å². The van der Waals surface area contributed by atoms with E-state index in [4.69, 9.17) is 15.3 Å². The number of carboxylic acids is 3. The van der Waals surface area contributed by atoms with E-state index in [2.05, 4.69) is 5.32 Å². The molecule has 0 aliphatic carbocycles. The highest BCUT2D eigenvalue weighted by Crippen LogP contribution is 2.28. The molecular weight excluding hydrogens is 290 g/mol. The number of nitrogens with one attached hydrogen (secondary N) is 1. The van der Waals surface area contributed by atoms with Crippen LogP contribution in [0.1, 0.15) is 26.7 Å². The lowest BCUT2D eigenvalue weighted by atomic mass is 9.89. The lowest BCUT2D eigenvalue weighted by molar-refractivity contribution is -0.142. The summed E-state index contributed by atoms with van der Waals surface area (Å²) in [6.45, 7) is 3.69. The van der Waals surface area contributed by atoms with E-state index in [0.717, 1.165) is 11.1 Å². The maximum Gasteiger partial charge on any atom is 0.321 e. The van der Waals surface area contributed by atoms with Gasteiger partial charge in [-0.3, -0.25) is 14.4 Å². The molecule has 1 aliphatic rings. The van der Waals surface area contributed by atoms with Crippen LogP contribution in [0.3, 0.4) is 0 Å². The van der Waals surface area contributed by atoms with Crippen LogP contribution in [0, 0.1) is 11.8 Å². The lowest BCUT2D eigenvalue weighted by Crippen LogP contribution is -2.36. The van der Waals surface area contributed by atoms with Crippen molar-refractivity contribution in [1.29, 1.82) is 0 Å². The van der Waals surface area contributed by atoms with Gasteiger partial charge in [0, 0.05) is 12.5 Å². The quantitative estimate of drug-likeness (QED) is 0.555. The first-order valence-corrected chi connectivity index (χ1v) is 7.01. The van der Waals surface area contributed by atoms with Crippen molar-refractivity contribution in [2.75, 3.05) is 6.54 Å². The van der Waals surface area contributed by atoms with Crippen molar-refractivity contribution >= 4 is 17.9 Å². The molecule has 0 saturated carbocycles. The summed E-state index contributed by atoms with van der Waals surface area (Å²) in [5.41, 5.74) is 1.52. The van der Waals surface area contributed by atoms with Crippen LogP contribution in [0.25, 0.3) is 0 Å². The zero-order chi connectivity index (χ0) is 16.9. The Morgan fingerprint density at radius 1 is 1.32 bits per heavy atom. The van der Waals surface area contributed by atoms with Crippen molar-refractivity contribution in [2.24, 2.45) is 11.8 Å². The van der Waals surface area contributed by atoms with E-state index in [1.807, 2.05) is 0 Å². The Morgan fingerprint density at radius 2 is 1.95 bits per heavy atom. The minimum absolute atomic E-state index is 0.254. The summed E-state index contributed by atoms with van der Waals surface area (Å²) >= 11 is 0. The second-order valence-electron chi connectivity index (χ2n) is 5.49.